The van der Waals surface area contributed by atoms with Crippen molar-refractivity contribution in [3.05, 3.63) is 0 Å². The van der Waals surface area contributed by atoms with Gasteiger partial charge in [-0.1, -0.05) is 48.0 Å². The molecular formula is C15H28BrNO. The Hall–Kier alpha value is -0.0500. The molecule has 2 nitrogen and oxygen atoms in total. The first-order valence-electron chi connectivity index (χ1n) is 7.54. The number of unbranched alkanes of at least 4 members (excludes halogenated alkanes) is 2. The molecule has 1 rings (SSSR count). The number of carbonyl (C=O) groups is 1. The summed E-state index contributed by atoms with van der Waals surface area (Å²) in [5, 5.41) is 1.08. The van der Waals surface area contributed by atoms with Crippen LogP contribution >= 0.6 is 15.9 Å². The average Bonchev–Trinajstić information content (AvgIpc) is 2.63. The molecule has 0 N–H and O–H groups in total. The van der Waals surface area contributed by atoms with Gasteiger partial charge in [0, 0.05) is 25.3 Å². The number of alkyl halides is 1. The molecule has 0 spiro atoms. The first-order valence-corrected chi connectivity index (χ1v) is 8.66. The maximum absolute atomic E-state index is 12.1. The van der Waals surface area contributed by atoms with Crippen molar-refractivity contribution in [3.63, 3.8) is 0 Å². The number of halogens is 1. The van der Waals surface area contributed by atoms with E-state index in [9.17, 15) is 4.79 Å². The molecule has 18 heavy (non-hydrogen) atoms. The normalized spacial score (nSPS) is 17.4. The van der Waals surface area contributed by atoms with Crippen molar-refractivity contribution < 1.29 is 4.79 Å². The third kappa shape index (κ3) is 6.77. The maximum Gasteiger partial charge on any atom is 0.222 e. The van der Waals surface area contributed by atoms with Crippen molar-refractivity contribution in [2.24, 2.45) is 5.92 Å². The summed E-state index contributed by atoms with van der Waals surface area (Å²) in [6, 6.07) is 0. The van der Waals surface area contributed by atoms with Gasteiger partial charge in [0.1, 0.15) is 0 Å². The van der Waals surface area contributed by atoms with Crippen LogP contribution in [-0.4, -0.2) is 29.7 Å². The van der Waals surface area contributed by atoms with Crippen LogP contribution in [0.4, 0.5) is 0 Å². The van der Waals surface area contributed by atoms with E-state index in [1.54, 1.807) is 0 Å². The highest BCUT2D eigenvalue weighted by molar-refractivity contribution is 9.09. The predicted octanol–water partition coefficient (Wildman–Crippen LogP) is 4.37. The van der Waals surface area contributed by atoms with E-state index in [0.29, 0.717) is 11.8 Å². The SMILES string of the molecule is CN(CCCCCBr)C(=O)CC1CCCCCC1. The zero-order chi connectivity index (χ0) is 13.2. The highest BCUT2D eigenvalue weighted by atomic mass is 79.9. The van der Waals surface area contributed by atoms with Gasteiger partial charge in [0.2, 0.25) is 5.91 Å². The van der Waals surface area contributed by atoms with Crippen molar-refractivity contribution in [1.29, 1.82) is 0 Å². The minimum atomic E-state index is 0.362. The molecule has 1 saturated carbocycles. The second-order valence-corrected chi connectivity index (χ2v) is 6.42. The molecule has 1 fully saturated rings. The smallest absolute Gasteiger partial charge is 0.222 e. The summed E-state index contributed by atoms with van der Waals surface area (Å²) in [5.74, 6) is 1.02. The van der Waals surface area contributed by atoms with Gasteiger partial charge in [-0.2, -0.15) is 0 Å². The number of rotatable bonds is 7. The molecule has 0 aromatic heterocycles. The van der Waals surface area contributed by atoms with Gasteiger partial charge in [0.05, 0.1) is 0 Å². The van der Waals surface area contributed by atoms with E-state index in [2.05, 4.69) is 15.9 Å². The van der Waals surface area contributed by atoms with Gasteiger partial charge in [0.15, 0.2) is 0 Å². The van der Waals surface area contributed by atoms with Crippen LogP contribution in [-0.2, 0) is 4.79 Å². The molecule has 0 aliphatic heterocycles. The lowest BCUT2D eigenvalue weighted by Gasteiger charge is -2.20. The van der Waals surface area contributed by atoms with E-state index in [0.717, 1.165) is 24.7 Å². The fourth-order valence-corrected chi connectivity index (χ4v) is 3.11. The van der Waals surface area contributed by atoms with Crippen molar-refractivity contribution >= 4 is 21.8 Å². The zero-order valence-corrected chi connectivity index (χ0v) is 13.4. The van der Waals surface area contributed by atoms with Gasteiger partial charge in [-0.3, -0.25) is 4.79 Å². The summed E-state index contributed by atoms with van der Waals surface area (Å²) in [4.78, 5) is 14.0. The van der Waals surface area contributed by atoms with Crippen molar-refractivity contribution in [3.8, 4) is 0 Å². The molecule has 0 aromatic carbocycles. The lowest BCUT2D eigenvalue weighted by molar-refractivity contribution is -0.131. The Kier molecular flexibility index (Phi) is 8.74. The van der Waals surface area contributed by atoms with Crippen LogP contribution in [0.1, 0.15) is 64.2 Å². The van der Waals surface area contributed by atoms with Gasteiger partial charge in [-0.15, -0.1) is 0 Å². The molecule has 0 aromatic rings. The van der Waals surface area contributed by atoms with Crippen LogP contribution in [0.2, 0.25) is 0 Å². The van der Waals surface area contributed by atoms with Gasteiger partial charge in [0.25, 0.3) is 0 Å². The van der Waals surface area contributed by atoms with E-state index in [1.165, 1.54) is 51.4 Å². The molecule has 1 aliphatic carbocycles. The summed E-state index contributed by atoms with van der Waals surface area (Å²) in [6.45, 7) is 0.929. The van der Waals surface area contributed by atoms with E-state index < -0.39 is 0 Å². The lowest BCUT2D eigenvalue weighted by Crippen LogP contribution is -2.29. The monoisotopic (exact) mass is 317 g/mol. The maximum atomic E-state index is 12.1. The molecule has 1 amide bonds. The predicted molar refractivity (Wildman–Crippen MR) is 81.1 cm³/mol. The molecule has 0 atom stereocenters. The third-order valence-corrected chi connectivity index (χ3v) is 4.55. The molecule has 1 aliphatic rings. The third-order valence-electron chi connectivity index (χ3n) is 3.99. The number of amides is 1. The van der Waals surface area contributed by atoms with Crippen LogP contribution < -0.4 is 0 Å². The molecule has 0 bridgehead atoms. The Bertz CT molecular complexity index is 225. The Morgan fingerprint density at radius 2 is 1.78 bits per heavy atom. The standard InChI is InChI=1S/C15H28BrNO/c1-17(12-8-4-7-11-16)15(18)13-14-9-5-2-3-6-10-14/h14H,2-13H2,1H3. The minimum Gasteiger partial charge on any atom is -0.346 e. The number of carbonyl (C=O) groups excluding carboxylic acids is 1. The number of hydrogen-bond acceptors (Lipinski definition) is 1. The molecule has 0 heterocycles. The fraction of sp³-hybridized carbons (Fsp3) is 0.933. The van der Waals surface area contributed by atoms with Gasteiger partial charge in [-0.05, 0) is 31.6 Å². The average molecular weight is 318 g/mol. The summed E-state index contributed by atoms with van der Waals surface area (Å²) in [6.07, 6.45) is 12.3. The number of hydrogen-bond donors (Lipinski definition) is 0. The summed E-state index contributed by atoms with van der Waals surface area (Å²) in [7, 11) is 1.97. The van der Waals surface area contributed by atoms with E-state index in [-0.39, 0.29) is 0 Å². The summed E-state index contributed by atoms with van der Waals surface area (Å²) in [5.41, 5.74) is 0. The van der Waals surface area contributed by atoms with E-state index >= 15 is 0 Å². The molecule has 0 unspecified atom stereocenters. The van der Waals surface area contributed by atoms with Gasteiger partial charge < -0.3 is 4.90 Å². The zero-order valence-electron chi connectivity index (χ0n) is 11.8. The van der Waals surface area contributed by atoms with Crippen LogP contribution in [0, 0.1) is 5.92 Å². The molecule has 0 saturated heterocycles. The fourth-order valence-electron chi connectivity index (χ4n) is 2.72. The highest BCUT2D eigenvalue weighted by Crippen LogP contribution is 2.25. The molecular weight excluding hydrogens is 290 g/mol. The van der Waals surface area contributed by atoms with Crippen molar-refractivity contribution in [1.82, 2.24) is 4.90 Å². The topological polar surface area (TPSA) is 20.3 Å². The van der Waals surface area contributed by atoms with Crippen LogP contribution in [0.25, 0.3) is 0 Å². The van der Waals surface area contributed by atoms with Crippen molar-refractivity contribution in [2.45, 2.75) is 64.2 Å². The van der Waals surface area contributed by atoms with Crippen LogP contribution in [0.5, 0.6) is 0 Å². The quantitative estimate of drug-likeness (QED) is 0.388. The van der Waals surface area contributed by atoms with Crippen LogP contribution in [0.3, 0.4) is 0 Å². The first-order chi connectivity index (χ1) is 8.74. The van der Waals surface area contributed by atoms with E-state index in [1.807, 2.05) is 11.9 Å². The first kappa shape index (κ1) is 16.0. The van der Waals surface area contributed by atoms with Gasteiger partial charge >= 0.3 is 0 Å². The highest BCUT2D eigenvalue weighted by Gasteiger charge is 2.18. The second-order valence-electron chi connectivity index (χ2n) is 5.63. The Morgan fingerprint density at radius 3 is 2.39 bits per heavy atom. The molecule has 3 heteroatoms. The Morgan fingerprint density at radius 1 is 1.11 bits per heavy atom. The van der Waals surface area contributed by atoms with Crippen molar-refractivity contribution in [2.75, 3.05) is 18.9 Å². The second kappa shape index (κ2) is 9.82. The van der Waals surface area contributed by atoms with Gasteiger partial charge in [-0.25, -0.2) is 0 Å². The number of nitrogens with zero attached hydrogens (tertiary/aromatic N) is 1. The van der Waals surface area contributed by atoms with E-state index in [4.69, 9.17) is 0 Å². The Labute approximate surface area is 121 Å². The summed E-state index contributed by atoms with van der Waals surface area (Å²) < 4.78 is 0. The van der Waals surface area contributed by atoms with Crippen LogP contribution in [0.15, 0.2) is 0 Å². The Balaban J connectivity index is 2.17. The largest absolute Gasteiger partial charge is 0.346 e. The molecule has 0 radical (unpaired) electrons. The summed E-state index contributed by atoms with van der Waals surface area (Å²) >= 11 is 3.44. The lowest BCUT2D eigenvalue weighted by atomic mass is 9.96. The molecule has 106 valence electrons. The minimum absolute atomic E-state index is 0.362.